The van der Waals surface area contributed by atoms with Crippen molar-refractivity contribution < 1.29 is 14.8 Å². The molecule has 0 aliphatic rings. The monoisotopic (exact) mass is 436 g/mol. The van der Waals surface area contributed by atoms with Gasteiger partial charge in [-0.15, -0.1) is 0 Å². The van der Waals surface area contributed by atoms with Gasteiger partial charge in [-0.2, -0.15) is 0 Å². The fourth-order valence-electron chi connectivity index (χ4n) is 3.03. The van der Waals surface area contributed by atoms with Crippen molar-refractivity contribution in [3.8, 4) is 0 Å². The minimum Gasteiger partial charge on any atom is -0.363 e. The van der Waals surface area contributed by atoms with Crippen LogP contribution in [0.25, 0.3) is 0 Å². The molecule has 0 unspecified atom stereocenters. The Kier molecular flexibility index (Phi) is 12.0. The van der Waals surface area contributed by atoms with Gasteiger partial charge in [-0.3, -0.25) is 14.8 Å². The van der Waals surface area contributed by atoms with E-state index < -0.39 is 0 Å². The van der Waals surface area contributed by atoms with E-state index in [4.69, 9.17) is 17.4 Å². The van der Waals surface area contributed by atoms with Crippen molar-refractivity contribution in [3.05, 3.63) is 30.3 Å². The van der Waals surface area contributed by atoms with E-state index in [9.17, 15) is 9.59 Å². The van der Waals surface area contributed by atoms with Crippen molar-refractivity contribution >= 4 is 34.8 Å². The molecule has 0 aliphatic carbocycles. The third-order valence-corrected chi connectivity index (χ3v) is 5.36. The summed E-state index contributed by atoms with van der Waals surface area (Å²) in [4.78, 5) is 23.2. The number of para-hydroxylation sites is 1. The second-order valence-corrected chi connectivity index (χ2v) is 8.67. The molecule has 8 heteroatoms. The van der Waals surface area contributed by atoms with Crippen LogP contribution < -0.4 is 21.4 Å². The van der Waals surface area contributed by atoms with Crippen LogP contribution in [0.4, 0.5) is 5.69 Å². The first-order chi connectivity index (χ1) is 14.3. The van der Waals surface area contributed by atoms with Gasteiger partial charge in [-0.05, 0) is 55.4 Å². The van der Waals surface area contributed by atoms with Gasteiger partial charge in [0.2, 0.25) is 11.8 Å². The molecule has 0 bridgehead atoms. The minimum atomic E-state index is -0.377. The zero-order chi connectivity index (χ0) is 22.4. The highest BCUT2D eigenvalue weighted by molar-refractivity contribution is 7.80. The van der Waals surface area contributed by atoms with E-state index in [1.54, 1.807) is 5.48 Å². The highest BCUT2D eigenvalue weighted by atomic mass is 32.1. The van der Waals surface area contributed by atoms with Crippen LogP contribution in [0.15, 0.2) is 30.3 Å². The molecule has 0 spiro atoms. The Morgan fingerprint density at radius 1 is 1.10 bits per heavy atom. The lowest BCUT2D eigenvalue weighted by Crippen LogP contribution is -2.44. The number of hydrogen-bond acceptors (Lipinski definition) is 4. The van der Waals surface area contributed by atoms with E-state index >= 15 is 0 Å². The minimum absolute atomic E-state index is 0.0217. The molecule has 0 aromatic heterocycles. The lowest BCUT2D eigenvalue weighted by atomic mass is 9.82. The Bertz CT molecular complexity index is 668. The summed E-state index contributed by atoms with van der Waals surface area (Å²) >= 11 is 5.42. The van der Waals surface area contributed by atoms with E-state index in [1.807, 2.05) is 30.3 Å². The van der Waals surface area contributed by atoms with Gasteiger partial charge in [0.05, 0.1) is 0 Å². The van der Waals surface area contributed by atoms with Crippen molar-refractivity contribution in [1.82, 2.24) is 16.1 Å². The van der Waals surface area contributed by atoms with E-state index in [1.165, 1.54) is 0 Å². The lowest BCUT2D eigenvalue weighted by Gasteiger charge is -2.30. The molecule has 7 nitrogen and oxygen atoms in total. The van der Waals surface area contributed by atoms with Gasteiger partial charge in [0.1, 0.15) is 0 Å². The van der Waals surface area contributed by atoms with Crippen LogP contribution in [0.2, 0.25) is 0 Å². The Labute approximate surface area is 185 Å². The van der Waals surface area contributed by atoms with Crippen molar-refractivity contribution in [3.63, 3.8) is 0 Å². The summed E-state index contributed by atoms with van der Waals surface area (Å²) in [6.45, 7) is 7.19. The molecule has 0 saturated heterocycles. The number of anilines is 1. The van der Waals surface area contributed by atoms with Crippen molar-refractivity contribution in [2.75, 3.05) is 11.9 Å². The Morgan fingerprint density at radius 3 is 2.40 bits per heavy atom. The molecule has 1 aromatic carbocycles. The van der Waals surface area contributed by atoms with Crippen LogP contribution in [0.5, 0.6) is 0 Å². The first kappa shape index (κ1) is 25.8. The second kappa shape index (κ2) is 13.9. The number of nitrogens with one attached hydrogen (secondary N) is 4. The molecule has 1 rings (SSSR count). The summed E-state index contributed by atoms with van der Waals surface area (Å²) in [5, 5.41) is 18.6. The van der Waals surface area contributed by atoms with Gasteiger partial charge in [-0.1, -0.05) is 45.4 Å². The Hall–Kier alpha value is -2.19. The van der Waals surface area contributed by atoms with Gasteiger partial charge in [0.25, 0.3) is 0 Å². The molecule has 5 N–H and O–H groups in total. The highest BCUT2D eigenvalue weighted by Gasteiger charge is 2.22. The predicted molar refractivity (Wildman–Crippen MR) is 124 cm³/mol. The molecule has 0 heterocycles. The number of thiocarbonyl (C=S) groups is 1. The average Bonchev–Trinajstić information content (AvgIpc) is 2.71. The molecule has 0 fully saturated rings. The SMILES string of the molecule is CCC(C)(C)C[C@@H](CCCC(=O)NO)NC(=S)NCCCC(=O)Nc1ccccc1. The van der Waals surface area contributed by atoms with Crippen LogP contribution in [0.3, 0.4) is 0 Å². The van der Waals surface area contributed by atoms with Gasteiger partial charge >= 0.3 is 0 Å². The van der Waals surface area contributed by atoms with Crippen LogP contribution in [0, 0.1) is 5.41 Å². The number of hydrogen-bond donors (Lipinski definition) is 5. The number of amides is 2. The largest absolute Gasteiger partial charge is 0.363 e. The summed E-state index contributed by atoms with van der Waals surface area (Å²) in [6, 6.07) is 9.52. The second-order valence-electron chi connectivity index (χ2n) is 8.26. The van der Waals surface area contributed by atoms with Crippen LogP contribution >= 0.6 is 12.2 Å². The fraction of sp³-hybridized carbons (Fsp3) is 0.591. The van der Waals surface area contributed by atoms with Gasteiger partial charge in [0, 0.05) is 31.1 Å². The molecular weight excluding hydrogens is 400 g/mol. The topological polar surface area (TPSA) is 102 Å². The van der Waals surface area contributed by atoms with Gasteiger partial charge < -0.3 is 16.0 Å². The van der Waals surface area contributed by atoms with Crippen LogP contribution in [-0.4, -0.2) is 34.7 Å². The van der Waals surface area contributed by atoms with Crippen molar-refractivity contribution in [2.45, 2.75) is 71.8 Å². The first-order valence-corrected chi connectivity index (χ1v) is 11.0. The quantitative estimate of drug-likeness (QED) is 0.140. The lowest BCUT2D eigenvalue weighted by molar-refractivity contribution is -0.129. The maximum atomic E-state index is 12.0. The molecule has 0 saturated carbocycles. The first-order valence-electron chi connectivity index (χ1n) is 10.6. The number of rotatable bonds is 13. The third-order valence-electron chi connectivity index (χ3n) is 5.10. The van der Waals surface area contributed by atoms with Gasteiger partial charge in [0.15, 0.2) is 5.11 Å². The number of carbonyl (C=O) groups is 2. The van der Waals surface area contributed by atoms with E-state index in [0.29, 0.717) is 30.9 Å². The Balaban J connectivity index is 2.36. The summed E-state index contributed by atoms with van der Waals surface area (Å²) in [5.41, 5.74) is 2.62. The van der Waals surface area contributed by atoms with Crippen LogP contribution in [0.1, 0.15) is 65.7 Å². The van der Waals surface area contributed by atoms with Crippen LogP contribution in [-0.2, 0) is 9.59 Å². The molecule has 30 heavy (non-hydrogen) atoms. The summed E-state index contributed by atoms with van der Waals surface area (Å²) in [5.74, 6) is -0.399. The molecule has 168 valence electrons. The Morgan fingerprint density at radius 2 is 1.77 bits per heavy atom. The average molecular weight is 437 g/mol. The number of carbonyl (C=O) groups excluding carboxylic acids is 2. The molecule has 2 amide bonds. The van der Waals surface area contributed by atoms with Crippen molar-refractivity contribution in [1.29, 1.82) is 0 Å². The smallest absolute Gasteiger partial charge is 0.243 e. The maximum Gasteiger partial charge on any atom is 0.243 e. The summed E-state index contributed by atoms with van der Waals surface area (Å²) in [7, 11) is 0. The zero-order valence-corrected chi connectivity index (χ0v) is 19.1. The van der Waals surface area contributed by atoms with E-state index in [-0.39, 0.29) is 29.7 Å². The molecular formula is C22H36N4O3S. The molecule has 0 aliphatic heterocycles. The van der Waals surface area contributed by atoms with Gasteiger partial charge in [-0.25, -0.2) is 5.48 Å². The predicted octanol–water partition coefficient (Wildman–Crippen LogP) is 3.74. The standard InChI is InChI=1S/C22H36N4O3S/c1-4-22(2,3)16-18(12-8-13-20(28)26-29)25-21(30)23-15-9-14-19(27)24-17-10-6-5-7-11-17/h5-7,10-11,18,29H,4,8-9,12-16H2,1-3H3,(H,24,27)(H,26,28)(H2,23,25,30)/t18-/m1/s1. The normalized spacial score (nSPS) is 12.0. The summed E-state index contributed by atoms with van der Waals surface area (Å²) in [6.07, 6.45) is 4.75. The highest BCUT2D eigenvalue weighted by Crippen LogP contribution is 2.27. The third kappa shape index (κ3) is 11.7. The zero-order valence-electron chi connectivity index (χ0n) is 18.3. The maximum absolute atomic E-state index is 12.0. The molecule has 1 aromatic rings. The van der Waals surface area contributed by atoms with E-state index in [2.05, 4.69) is 36.7 Å². The number of benzene rings is 1. The molecule has 1 atom stereocenters. The molecule has 0 radical (unpaired) electrons. The number of hydroxylamine groups is 1. The van der Waals surface area contributed by atoms with Crippen molar-refractivity contribution in [2.24, 2.45) is 5.41 Å². The summed E-state index contributed by atoms with van der Waals surface area (Å²) < 4.78 is 0. The van der Waals surface area contributed by atoms with E-state index in [0.717, 1.165) is 24.9 Å². The fourth-order valence-corrected chi connectivity index (χ4v) is 3.30.